The smallest absolute Gasteiger partial charge is 0.326 e. The molecule has 0 heterocycles. The number of carboxylic acid groups (broad SMARTS) is 2. The van der Waals surface area contributed by atoms with Crippen molar-refractivity contribution in [1.29, 1.82) is 0 Å². The van der Waals surface area contributed by atoms with E-state index in [0.29, 0.717) is 19.4 Å². The number of carbonyl (C=O) groups is 5. The Morgan fingerprint density at radius 3 is 1.44 bits per heavy atom. The first-order valence-electron chi connectivity index (χ1n) is 16.2. The van der Waals surface area contributed by atoms with Crippen LogP contribution in [0.25, 0.3) is 0 Å². The maximum absolute atomic E-state index is 12.2. The Labute approximate surface area is 248 Å². The average Bonchev–Trinajstić information content (AvgIpc) is 2.91. The molecule has 0 radical (unpaired) electrons. The number of carboxylic acids is 2. The standard InChI is InChI=1S/C32H58N2O7/c1-26(2)28(35)20-16-15-19-25-33-29(36)24-23-27(32(40)41)34-30(37)21-17-13-11-9-7-5-3-4-6-8-10-12-14-18-22-31(38)39/h26-27H,3-25H2,1-2H3,(H,33,36)(H,34,37)(H,38,39)(H,40,41)/t27-/m0/s1. The zero-order valence-electron chi connectivity index (χ0n) is 25.9. The summed E-state index contributed by atoms with van der Waals surface area (Å²) < 4.78 is 0. The molecular weight excluding hydrogens is 524 g/mol. The maximum atomic E-state index is 12.2. The van der Waals surface area contributed by atoms with E-state index in [0.717, 1.165) is 64.2 Å². The Bertz CT molecular complexity index is 740. The van der Waals surface area contributed by atoms with Gasteiger partial charge in [0.1, 0.15) is 11.8 Å². The number of ketones is 1. The van der Waals surface area contributed by atoms with E-state index in [1.807, 2.05) is 13.8 Å². The Hall–Kier alpha value is -2.45. The van der Waals surface area contributed by atoms with Crippen LogP contribution in [0.5, 0.6) is 0 Å². The maximum Gasteiger partial charge on any atom is 0.326 e. The van der Waals surface area contributed by atoms with Gasteiger partial charge in [-0.05, 0) is 32.1 Å². The molecule has 0 rings (SSSR count). The van der Waals surface area contributed by atoms with Gasteiger partial charge >= 0.3 is 11.9 Å². The number of amides is 2. The summed E-state index contributed by atoms with van der Waals surface area (Å²) in [5, 5.41) is 23.4. The summed E-state index contributed by atoms with van der Waals surface area (Å²) in [5.74, 6) is -2.03. The largest absolute Gasteiger partial charge is 0.481 e. The average molecular weight is 583 g/mol. The summed E-state index contributed by atoms with van der Waals surface area (Å²) in [7, 11) is 0. The van der Waals surface area contributed by atoms with E-state index >= 15 is 0 Å². The summed E-state index contributed by atoms with van der Waals surface area (Å²) in [5.41, 5.74) is 0. The van der Waals surface area contributed by atoms with E-state index in [4.69, 9.17) is 5.11 Å². The lowest BCUT2D eigenvalue weighted by atomic mass is 10.0. The third-order valence-corrected chi connectivity index (χ3v) is 7.40. The topological polar surface area (TPSA) is 150 Å². The molecule has 0 aliphatic heterocycles. The molecule has 4 N–H and O–H groups in total. The van der Waals surface area contributed by atoms with Crippen LogP contribution in [-0.4, -0.2) is 52.3 Å². The zero-order valence-corrected chi connectivity index (χ0v) is 25.9. The number of Topliss-reactive ketones (excluding diaryl/α,β-unsaturated/α-hetero) is 1. The first kappa shape index (κ1) is 38.5. The third-order valence-electron chi connectivity index (χ3n) is 7.40. The van der Waals surface area contributed by atoms with Crippen molar-refractivity contribution in [3.05, 3.63) is 0 Å². The van der Waals surface area contributed by atoms with Gasteiger partial charge in [0.15, 0.2) is 0 Å². The van der Waals surface area contributed by atoms with Crippen LogP contribution in [-0.2, 0) is 24.0 Å². The first-order valence-corrected chi connectivity index (χ1v) is 16.2. The number of rotatable bonds is 29. The fourth-order valence-electron chi connectivity index (χ4n) is 4.69. The number of unbranched alkanes of at least 4 members (excludes halogenated alkanes) is 15. The van der Waals surface area contributed by atoms with Crippen LogP contribution in [0, 0.1) is 5.92 Å². The highest BCUT2D eigenvalue weighted by atomic mass is 16.4. The predicted octanol–water partition coefficient (Wildman–Crippen LogP) is 6.56. The van der Waals surface area contributed by atoms with Crippen molar-refractivity contribution in [3.63, 3.8) is 0 Å². The van der Waals surface area contributed by atoms with Gasteiger partial charge in [-0.3, -0.25) is 19.2 Å². The van der Waals surface area contributed by atoms with Gasteiger partial charge in [0, 0.05) is 38.1 Å². The highest BCUT2D eigenvalue weighted by Crippen LogP contribution is 2.14. The molecule has 9 nitrogen and oxygen atoms in total. The molecule has 0 aliphatic carbocycles. The lowest BCUT2D eigenvalue weighted by Crippen LogP contribution is -2.41. The Balaban J connectivity index is 3.69. The molecule has 0 fully saturated rings. The van der Waals surface area contributed by atoms with Crippen LogP contribution in [0.3, 0.4) is 0 Å². The molecule has 0 bridgehead atoms. The highest BCUT2D eigenvalue weighted by molar-refractivity contribution is 5.84. The van der Waals surface area contributed by atoms with Crippen LogP contribution < -0.4 is 10.6 Å². The number of hydrogen-bond acceptors (Lipinski definition) is 5. The van der Waals surface area contributed by atoms with E-state index < -0.39 is 18.0 Å². The van der Waals surface area contributed by atoms with Crippen LogP contribution >= 0.6 is 0 Å². The van der Waals surface area contributed by atoms with E-state index in [1.54, 1.807) is 0 Å². The molecule has 0 aromatic heterocycles. The van der Waals surface area contributed by atoms with Gasteiger partial charge in [0.05, 0.1) is 0 Å². The van der Waals surface area contributed by atoms with Gasteiger partial charge in [-0.15, -0.1) is 0 Å². The minimum atomic E-state index is -1.13. The Morgan fingerprint density at radius 1 is 0.537 bits per heavy atom. The van der Waals surface area contributed by atoms with Crippen molar-refractivity contribution in [1.82, 2.24) is 10.6 Å². The van der Waals surface area contributed by atoms with Crippen molar-refractivity contribution in [2.75, 3.05) is 6.54 Å². The molecule has 2 amide bonds. The predicted molar refractivity (Wildman–Crippen MR) is 162 cm³/mol. The van der Waals surface area contributed by atoms with Gasteiger partial charge in [0.2, 0.25) is 11.8 Å². The van der Waals surface area contributed by atoms with Gasteiger partial charge in [-0.1, -0.05) is 97.3 Å². The van der Waals surface area contributed by atoms with E-state index in [9.17, 15) is 29.1 Å². The van der Waals surface area contributed by atoms with Gasteiger partial charge in [-0.2, -0.15) is 0 Å². The molecule has 0 aromatic rings. The summed E-state index contributed by atoms with van der Waals surface area (Å²) in [6.07, 6.45) is 19.1. The van der Waals surface area contributed by atoms with E-state index in [-0.39, 0.29) is 42.8 Å². The van der Waals surface area contributed by atoms with E-state index in [1.165, 1.54) is 44.9 Å². The molecule has 0 aliphatic rings. The van der Waals surface area contributed by atoms with Crippen molar-refractivity contribution < 1.29 is 34.2 Å². The van der Waals surface area contributed by atoms with Crippen molar-refractivity contribution in [2.45, 2.75) is 161 Å². The summed E-state index contributed by atoms with van der Waals surface area (Å²) in [6.45, 7) is 4.28. The van der Waals surface area contributed by atoms with Gasteiger partial charge in [-0.25, -0.2) is 4.79 Å². The third kappa shape index (κ3) is 26.2. The lowest BCUT2D eigenvalue weighted by Gasteiger charge is -2.14. The van der Waals surface area contributed by atoms with Crippen molar-refractivity contribution in [3.8, 4) is 0 Å². The highest BCUT2D eigenvalue weighted by Gasteiger charge is 2.20. The Morgan fingerprint density at radius 2 is 0.976 bits per heavy atom. The summed E-state index contributed by atoms with van der Waals surface area (Å²) >= 11 is 0. The normalized spacial score (nSPS) is 11.8. The summed E-state index contributed by atoms with van der Waals surface area (Å²) in [4.78, 5) is 57.8. The molecular formula is C32H58N2O7. The van der Waals surface area contributed by atoms with Crippen LogP contribution in [0.1, 0.15) is 155 Å². The lowest BCUT2D eigenvalue weighted by molar-refractivity contribution is -0.142. The second-order valence-electron chi connectivity index (χ2n) is 11.6. The molecule has 238 valence electrons. The summed E-state index contributed by atoms with van der Waals surface area (Å²) in [6, 6.07) is -1.06. The van der Waals surface area contributed by atoms with Crippen molar-refractivity contribution >= 4 is 29.5 Å². The zero-order chi connectivity index (χ0) is 30.7. The number of carbonyl (C=O) groups excluding carboxylic acids is 3. The molecule has 41 heavy (non-hydrogen) atoms. The second-order valence-corrected chi connectivity index (χ2v) is 11.6. The van der Waals surface area contributed by atoms with Gasteiger partial charge in [0.25, 0.3) is 0 Å². The number of aliphatic carboxylic acids is 2. The van der Waals surface area contributed by atoms with Crippen LogP contribution in [0.2, 0.25) is 0 Å². The molecule has 9 heteroatoms. The quantitative estimate of drug-likeness (QED) is 0.0729. The Kier molecular flexibility index (Phi) is 24.9. The number of nitrogens with one attached hydrogen (secondary N) is 2. The molecule has 0 saturated heterocycles. The fraction of sp³-hybridized carbons (Fsp3) is 0.844. The van der Waals surface area contributed by atoms with E-state index in [2.05, 4.69) is 10.6 Å². The van der Waals surface area contributed by atoms with Gasteiger partial charge < -0.3 is 20.8 Å². The fourth-order valence-corrected chi connectivity index (χ4v) is 4.69. The second kappa shape index (κ2) is 26.4. The number of hydrogen-bond donors (Lipinski definition) is 4. The minimum absolute atomic E-state index is 0.0394. The molecule has 0 aromatic carbocycles. The molecule has 0 unspecified atom stereocenters. The van der Waals surface area contributed by atoms with Crippen LogP contribution in [0.15, 0.2) is 0 Å². The minimum Gasteiger partial charge on any atom is -0.481 e. The first-order chi connectivity index (χ1) is 19.6. The van der Waals surface area contributed by atoms with Crippen molar-refractivity contribution in [2.24, 2.45) is 5.92 Å². The molecule has 0 spiro atoms. The monoisotopic (exact) mass is 582 g/mol. The molecule has 0 saturated carbocycles. The SMILES string of the molecule is CC(C)C(=O)CCCCCNC(=O)CC[C@H](NC(=O)CCCCCCCCCCCCCCCCC(=O)O)C(=O)O. The van der Waals surface area contributed by atoms with Crippen LogP contribution in [0.4, 0.5) is 0 Å². The molecule has 1 atom stereocenters.